The van der Waals surface area contributed by atoms with Crippen LogP contribution < -0.4 is 5.32 Å². The first-order valence-corrected chi connectivity index (χ1v) is 7.10. The van der Waals surface area contributed by atoms with Crippen LogP contribution in [0.4, 0.5) is 4.39 Å². The Kier molecular flexibility index (Phi) is 4.91. The predicted molar refractivity (Wildman–Crippen MR) is 82.3 cm³/mol. The van der Waals surface area contributed by atoms with E-state index in [1.54, 1.807) is 0 Å². The van der Waals surface area contributed by atoms with E-state index in [9.17, 15) is 4.39 Å². The molecule has 0 fully saturated rings. The molecule has 0 aromatic heterocycles. The van der Waals surface area contributed by atoms with Crippen LogP contribution in [-0.2, 0) is 6.54 Å². The molecule has 20 heavy (non-hydrogen) atoms. The highest BCUT2D eigenvalue weighted by atomic mass is 19.1. The number of hydrogen-bond donors (Lipinski definition) is 1. The standard InChI is InChI=1S/C18H22FN/c1-13-5-4-6-17(11-13)14(2)15(3)20-12-16-7-9-18(19)10-8-16/h4-11,14-15,20H,12H2,1-3H3. The third-order valence-electron chi connectivity index (χ3n) is 3.86. The molecule has 0 saturated carbocycles. The summed E-state index contributed by atoms with van der Waals surface area (Å²) in [5.41, 5.74) is 3.75. The van der Waals surface area contributed by atoms with Gasteiger partial charge in [0.2, 0.25) is 0 Å². The van der Waals surface area contributed by atoms with Gasteiger partial charge < -0.3 is 5.32 Å². The summed E-state index contributed by atoms with van der Waals surface area (Å²) in [7, 11) is 0. The highest BCUT2D eigenvalue weighted by Crippen LogP contribution is 2.20. The largest absolute Gasteiger partial charge is 0.310 e. The van der Waals surface area contributed by atoms with Gasteiger partial charge in [-0.15, -0.1) is 0 Å². The lowest BCUT2D eigenvalue weighted by atomic mass is 9.93. The normalized spacial score (nSPS) is 14.0. The minimum absolute atomic E-state index is 0.185. The van der Waals surface area contributed by atoms with Gasteiger partial charge in [-0.1, -0.05) is 48.9 Å². The highest BCUT2D eigenvalue weighted by molar-refractivity contribution is 5.26. The van der Waals surface area contributed by atoms with Crippen molar-refractivity contribution in [3.05, 3.63) is 71.0 Å². The number of hydrogen-bond acceptors (Lipinski definition) is 1. The van der Waals surface area contributed by atoms with Gasteiger partial charge in [0.05, 0.1) is 0 Å². The molecule has 0 spiro atoms. The van der Waals surface area contributed by atoms with E-state index in [1.165, 1.54) is 23.3 Å². The Morgan fingerprint density at radius 1 is 1.05 bits per heavy atom. The fourth-order valence-electron chi connectivity index (χ4n) is 2.30. The Morgan fingerprint density at radius 2 is 1.75 bits per heavy atom. The van der Waals surface area contributed by atoms with Crippen LogP contribution >= 0.6 is 0 Å². The third kappa shape index (κ3) is 3.91. The van der Waals surface area contributed by atoms with Crippen LogP contribution in [0.15, 0.2) is 48.5 Å². The van der Waals surface area contributed by atoms with Gasteiger partial charge in [0.1, 0.15) is 5.82 Å². The van der Waals surface area contributed by atoms with E-state index < -0.39 is 0 Å². The van der Waals surface area contributed by atoms with Crippen molar-refractivity contribution in [2.45, 2.75) is 39.3 Å². The summed E-state index contributed by atoms with van der Waals surface area (Å²) in [6, 6.07) is 15.7. The Bertz CT molecular complexity index is 548. The highest BCUT2D eigenvalue weighted by Gasteiger charge is 2.13. The number of nitrogens with one attached hydrogen (secondary N) is 1. The van der Waals surface area contributed by atoms with Gasteiger partial charge in [-0.25, -0.2) is 4.39 Å². The molecular weight excluding hydrogens is 249 g/mol. The van der Waals surface area contributed by atoms with E-state index in [0.29, 0.717) is 12.0 Å². The van der Waals surface area contributed by atoms with Crippen molar-refractivity contribution in [2.24, 2.45) is 0 Å². The van der Waals surface area contributed by atoms with Crippen LogP contribution in [0.5, 0.6) is 0 Å². The van der Waals surface area contributed by atoms with Gasteiger partial charge in [0, 0.05) is 12.6 Å². The van der Waals surface area contributed by atoms with E-state index in [4.69, 9.17) is 0 Å². The van der Waals surface area contributed by atoms with Crippen molar-refractivity contribution >= 4 is 0 Å². The molecular formula is C18H22FN. The summed E-state index contributed by atoms with van der Waals surface area (Å²) >= 11 is 0. The smallest absolute Gasteiger partial charge is 0.123 e. The molecule has 2 rings (SSSR count). The Labute approximate surface area is 120 Å². The fourth-order valence-corrected chi connectivity index (χ4v) is 2.30. The average Bonchev–Trinajstić information content (AvgIpc) is 2.45. The van der Waals surface area contributed by atoms with E-state index in [1.807, 2.05) is 12.1 Å². The van der Waals surface area contributed by atoms with Crippen LogP contribution in [0.1, 0.15) is 36.5 Å². The van der Waals surface area contributed by atoms with E-state index in [-0.39, 0.29) is 5.82 Å². The second kappa shape index (κ2) is 6.67. The number of aryl methyl sites for hydroxylation is 1. The van der Waals surface area contributed by atoms with Gasteiger partial charge in [0.25, 0.3) is 0 Å². The molecule has 0 heterocycles. The zero-order valence-corrected chi connectivity index (χ0v) is 12.4. The van der Waals surface area contributed by atoms with Crippen molar-refractivity contribution in [3.63, 3.8) is 0 Å². The first-order chi connectivity index (χ1) is 9.56. The van der Waals surface area contributed by atoms with Crippen molar-refractivity contribution in [3.8, 4) is 0 Å². The first kappa shape index (κ1) is 14.7. The molecule has 0 aliphatic carbocycles. The summed E-state index contributed by atoms with van der Waals surface area (Å²) in [4.78, 5) is 0. The molecule has 1 N–H and O–H groups in total. The quantitative estimate of drug-likeness (QED) is 0.849. The Morgan fingerprint density at radius 3 is 2.40 bits per heavy atom. The van der Waals surface area contributed by atoms with Gasteiger partial charge in [-0.2, -0.15) is 0 Å². The van der Waals surface area contributed by atoms with E-state index >= 15 is 0 Å². The lowest BCUT2D eigenvalue weighted by Gasteiger charge is -2.22. The minimum atomic E-state index is -0.185. The molecule has 2 heteroatoms. The average molecular weight is 271 g/mol. The number of halogens is 1. The molecule has 1 nitrogen and oxygen atoms in total. The predicted octanol–water partition coefficient (Wildman–Crippen LogP) is 4.42. The molecule has 0 aliphatic rings. The summed E-state index contributed by atoms with van der Waals surface area (Å²) in [6.45, 7) is 7.30. The summed E-state index contributed by atoms with van der Waals surface area (Å²) in [5.74, 6) is 0.255. The molecule has 0 aliphatic heterocycles. The zero-order chi connectivity index (χ0) is 14.5. The van der Waals surface area contributed by atoms with Gasteiger partial charge in [0.15, 0.2) is 0 Å². The summed E-state index contributed by atoms with van der Waals surface area (Å²) in [6.07, 6.45) is 0. The SMILES string of the molecule is Cc1cccc(C(C)C(C)NCc2ccc(F)cc2)c1. The van der Waals surface area contributed by atoms with Crippen molar-refractivity contribution in [2.75, 3.05) is 0 Å². The van der Waals surface area contributed by atoms with Crippen LogP contribution in [-0.4, -0.2) is 6.04 Å². The maximum atomic E-state index is 12.9. The van der Waals surface area contributed by atoms with Gasteiger partial charge in [-0.05, 0) is 43.0 Å². The molecule has 0 radical (unpaired) electrons. The third-order valence-corrected chi connectivity index (χ3v) is 3.86. The molecule has 0 bridgehead atoms. The molecule has 0 amide bonds. The lowest BCUT2D eigenvalue weighted by Crippen LogP contribution is -2.30. The topological polar surface area (TPSA) is 12.0 Å². The number of rotatable bonds is 5. The minimum Gasteiger partial charge on any atom is -0.310 e. The maximum absolute atomic E-state index is 12.9. The van der Waals surface area contributed by atoms with Crippen LogP contribution in [0.2, 0.25) is 0 Å². The van der Waals surface area contributed by atoms with Crippen LogP contribution in [0.25, 0.3) is 0 Å². The van der Waals surface area contributed by atoms with Crippen molar-refractivity contribution in [1.82, 2.24) is 5.32 Å². The van der Waals surface area contributed by atoms with Gasteiger partial charge >= 0.3 is 0 Å². The Balaban J connectivity index is 1.94. The molecule has 2 unspecified atom stereocenters. The molecule has 2 aromatic carbocycles. The molecule has 106 valence electrons. The van der Waals surface area contributed by atoms with Gasteiger partial charge in [-0.3, -0.25) is 0 Å². The second-order valence-corrected chi connectivity index (χ2v) is 5.50. The fraction of sp³-hybridized carbons (Fsp3) is 0.333. The van der Waals surface area contributed by atoms with E-state index in [0.717, 1.165) is 12.1 Å². The number of benzene rings is 2. The zero-order valence-electron chi connectivity index (χ0n) is 12.4. The van der Waals surface area contributed by atoms with E-state index in [2.05, 4.69) is 50.4 Å². The summed E-state index contributed by atoms with van der Waals surface area (Å²) < 4.78 is 12.9. The monoisotopic (exact) mass is 271 g/mol. The van der Waals surface area contributed by atoms with Crippen molar-refractivity contribution < 1.29 is 4.39 Å². The molecule has 2 aromatic rings. The second-order valence-electron chi connectivity index (χ2n) is 5.50. The van der Waals surface area contributed by atoms with Crippen LogP contribution in [0, 0.1) is 12.7 Å². The van der Waals surface area contributed by atoms with Crippen LogP contribution in [0.3, 0.4) is 0 Å². The summed E-state index contributed by atoms with van der Waals surface area (Å²) in [5, 5.41) is 3.51. The Hall–Kier alpha value is -1.67. The van der Waals surface area contributed by atoms with Crippen molar-refractivity contribution in [1.29, 1.82) is 0 Å². The first-order valence-electron chi connectivity index (χ1n) is 7.10. The maximum Gasteiger partial charge on any atom is 0.123 e. The molecule has 0 saturated heterocycles. The lowest BCUT2D eigenvalue weighted by molar-refractivity contribution is 0.480. The molecule has 2 atom stereocenters.